The first-order valence-electron chi connectivity index (χ1n) is 11.0. The summed E-state index contributed by atoms with van der Waals surface area (Å²) in [5.74, 6) is 0.409. The fourth-order valence-electron chi connectivity index (χ4n) is 3.92. The summed E-state index contributed by atoms with van der Waals surface area (Å²) < 4.78 is 5.19. The number of hydrogen-bond donors (Lipinski definition) is 0. The molecule has 1 aromatic heterocycles. The topological polar surface area (TPSA) is 66.0 Å². The Morgan fingerprint density at radius 2 is 1.67 bits per heavy atom. The molecule has 2 aromatic carbocycles. The molecule has 1 fully saturated rings. The number of nitrogens with zero attached hydrogens (tertiary/aromatic N) is 4. The first-order chi connectivity index (χ1) is 16.1. The minimum Gasteiger partial charge on any atom is -0.497 e. The summed E-state index contributed by atoms with van der Waals surface area (Å²) in [7, 11) is 1.59. The highest BCUT2D eigenvalue weighted by Crippen LogP contribution is 2.19. The minimum absolute atomic E-state index is 0.00250. The van der Waals surface area contributed by atoms with Gasteiger partial charge >= 0.3 is 0 Å². The van der Waals surface area contributed by atoms with Gasteiger partial charge in [-0.25, -0.2) is 0 Å². The number of piperazine rings is 1. The zero-order valence-electron chi connectivity index (χ0n) is 18.8. The number of pyridine rings is 1. The highest BCUT2D eigenvalue weighted by Gasteiger charge is 2.26. The Kier molecular flexibility index (Phi) is 7.32. The minimum atomic E-state index is -0.215. The molecule has 0 radical (unpaired) electrons. The fraction of sp³-hybridized carbons (Fsp3) is 0.269. The van der Waals surface area contributed by atoms with Crippen LogP contribution in [0.25, 0.3) is 0 Å². The van der Waals surface area contributed by atoms with Gasteiger partial charge in [-0.15, -0.1) is 0 Å². The molecule has 0 saturated carbocycles. The lowest BCUT2D eigenvalue weighted by molar-refractivity contribution is -0.131. The van der Waals surface area contributed by atoms with Gasteiger partial charge in [0.05, 0.1) is 7.11 Å². The zero-order valence-corrected chi connectivity index (χ0v) is 18.8. The van der Waals surface area contributed by atoms with Crippen molar-refractivity contribution in [2.45, 2.75) is 6.54 Å². The highest BCUT2D eigenvalue weighted by molar-refractivity contribution is 6.08. The number of carbonyl (C=O) groups excluding carboxylic acids is 2. The van der Waals surface area contributed by atoms with E-state index < -0.39 is 0 Å². The molecule has 2 heterocycles. The average Bonchev–Trinajstić information content (AvgIpc) is 2.88. The number of amides is 2. The van der Waals surface area contributed by atoms with Crippen LogP contribution in [0, 0.1) is 0 Å². The second-order valence-corrected chi connectivity index (χ2v) is 7.97. The van der Waals surface area contributed by atoms with E-state index in [9.17, 15) is 9.59 Å². The maximum absolute atomic E-state index is 13.3. The largest absolute Gasteiger partial charge is 0.497 e. The number of anilines is 1. The van der Waals surface area contributed by atoms with E-state index in [4.69, 9.17) is 4.74 Å². The van der Waals surface area contributed by atoms with Crippen LogP contribution in [0.15, 0.2) is 79.1 Å². The molecule has 2 amide bonds. The van der Waals surface area contributed by atoms with Crippen LogP contribution in [-0.4, -0.2) is 66.4 Å². The molecule has 0 aliphatic carbocycles. The molecule has 3 aromatic rings. The van der Waals surface area contributed by atoms with Gasteiger partial charge in [0.25, 0.3) is 5.91 Å². The lowest BCUT2D eigenvalue weighted by Crippen LogP contribution is -2.51. The maximum Gasteiger partial charge on any atom is 0.258 e. The lowest BCUT2D eigenvalue weighted by atomic mass is 10.1. The second-order valence-electron chi connectivity index (χ2n) is 7.97. The smallest absolute Gasteiger partial charge is 0.258 e. The van der Waals surface area contributed by atoms with E-state index in [1.54, 1.807) is 42.5 Å². The third-order valence-electron chi connectivity index (χ3n) is 5.80. The van der Waals surface area contributed by atoms with Crippen LogP contribution in [0.1, 0.15) is 15.9 Å². The van der Waals surface area contributed by atoms with Crippen molar-refractivity contribution in [2.75, 3.05) is 44.7 Å². The molecule has 1 saturated heterocycles. The number of methoxy groups -OCH3 is 1. The van der Waals surface area contributed by atoms with E-state index in [1.807, 2.05) is 47.5 Å². The molecular formula is C26H28N4O3. The van der Waals surface area contributed by atoms with E-state index in [2.05, 4.69) is 16.0 Å². The standard InChI is InChI=1S/C26H28N4O3/c1-33-24-11-9-22(10-12-24)26(32)30(23-7-3-2-4-8-23)20-25(31)29-16-14-28(15-17-29)19-21-6-5-13-27-18-21/h2-13,18H,14-17,19-20H2,1H3. The van der Waals surface area contributed by atoms with Crippen molar-refractivity contribution in [1.82, 2.24) is 14.8 Å². The van der Waals surface area contributed by atoms with Crippen LogP contribution in [0.2, 0.25) is 0 Å². The van der Waals surface area contributed by atoms with E-state index in [-0.39, 0.29) is 18.4 Å². The van der Waals surface area contributed by atoms with E-state index in [0.29, 0.717) is 30.1 Å². The summed E-state index contributed by atoms with van der Waals surface area (Å²) >= 11 is 0. The molecule has 7 nitrogen and oxygen atoms in total. The fourth-order valence-corrected chi connectivity index (χ4v) is 3.92. The number of benzene rings is 2. The number of aromatic nitrogens is 1. The van der Waals surface area contributed by atoms with Crippen LogP contribution >= 0.6 is 0 Å². The van der Waals surface area contributed by atoms with Gasteiger partial charge in [0.1, 0.15) is 12.3 Å². The van der Waals surface area contributed by atoms with Crippen molar-refractivity contribution in [3.8, 4) is 5.75 Å². The van der Waals surface area contributed by atoms with Crippen LogP contribution in [0.5, 0.6) is 5.75 Å². The van der Waals surface area contributed by atoms with Gasteiger partial charge in [0.15, 0.2) is 0 Å². The summed E-state index contributed by atoms with van der Waals surface area (Å²) in [6.07, 6.45) is 3.64. The molecule has 7 heteroatoms. The van der Waals surface area contributed by atoms with Gasteiger partial charge in [-0.2, -0.15) is 0 Å². The van der Waals surface area contributed by atoms with Crippen LogP contribution in [-0.2, 0) is 11.3 Å². The van der Waals surface area contributed by atoms with Crippen LogP contribution < -0.4 is 9.64 Å². The molecule has 0 atom stereocenters. The van der Waals surface area contributed by atoms with Crippen molar-refractivity contribution in [3.63, 3.8) is 0 Å². The third kappa shape index (κ3) is 5.75. The molecule has 0 spiro atoms. The Morgan fingerprint density at radius 3 is 2.30 bits per heavy atom. The first kappa shape index (κ1) is 22.5. The molecule has 4 rings (SSSR count). The van der Waals surface area contributed by atoms with Gasteiger partial charge < -0.3 is 9.64 Å². The van der Waals surface area contributed by atoms with Gasteiger partial charge in [-0.3, -0.25) is 24.4 Å². The monoisotopic (exact) mass is 444 g/mol. The predicted molar refractivity (Wildman–Crippen MR) is 127 cm³/mol. The molecule has 0 bridgehead atoms. The van der Waals surface area contributed by atoms with E-state index in [0.717, 1.165) is 25.2 Å². The summed E-state index contributed by atoms with van der Waals surface area (Å²) in [5.41, 5.74) is 2.37. The van der Waals surface area contributed by atoms with Crippen LogP contribution in [0.4, 0.5) is 5.69 Å². The second kappa shape index (κ2) is 10.7. The Balaban J connectivity index is 1.42. The number of ether oxygens (including phenoxy) is 1. The van der Waals surface area contributed by atoms with Crippen LogP contribution in [0.3, 0.4) is 0 Å². The molecule has 1 aliphatic heterocycles. The molecule has 170 valence electrons. The lowest BCUT2D eigenvalue weighted by Gasteiger charge is -2.36. The first-order valence-corrected chi connectivity index (χ1v) is 11.0. The Labute approximate surface area is 194 Å². The number of hydrogen-bond acceptors (Lipinski definition) is 5. The molecular weight excluding hydrogens is 416 g/mol. The third-order valence-corrected chi connectivity index (χ3v) is 5.80. The van der Waals surface area contributed by atoms with Crippen molar-refractivity contribution < 1.29 is 14.3 Å². The maximum atomic E-state index is 13.3. The Hall–Kier alpha value is -3.71. The van der Waals surface area contributed by atoms with Gasteiger partial charge in [-0.05, 0) is 48.0 Å². The normalized spacial score (nSPS) is 14.0. The summed E-state index contributed by atoms with van der Waals surface area (Å²) in [6.45, 7) is 3.67. The van der Waals surface area contributed by atoms with Gasteiger partial charge in [0.2, 0.25) is 5.91 Å². The number of para-hydroxylation sites is 1. The number of carbonyl (C=O) groups is 2. The molecule has 33 heavy (non-hydrogen) atoms. The quantitative estimate of drug-likeness (QED) is 0.560. The van der Waals surface area contributed by atoms with Gasteiger partial charge in [0, 0.05) is 56.4 Å². The van der Waals surface area contributed by atoms with Gasteiger partial charge in [-0.1, -0.05) is 24.3 Å². The summed E-state index contributed by atoms with van der Waals surface area (Å²) in [4.78, 5) is 36.4. The van der Waals surface area contributed by atoms with Crippen molar-refractivity contribution in [1.29, 1.82) is 0 Å². The Bertz CT molecular complexity index is 1050. The molecule has 0 N–H and O–H groups in total. The highest BCUT2D eigenvalue weighted by atomic mass is 16.5. The number of rotatable bonds is 7. The SMILES string of the molecule is COc1ccc(C(=O)N(CC(=O)N2CCN(Cc3cccnc3)CC2)c2ccccc2)cc1. The van der Waals surface area contributed by atoms with Crippen molar-refractivity contribution >= 4 is 17.5 Å². The summed E-state index contributed by atoms with van der Waals surface area (Å²) in [5, 5.41) is 0. The van der Waals surface area contributed by atoms with E-state index >= 15 is 0 Å². The zero-order chi connectivity index (χ0) is 23.0. The molecule has 0 unspecified atom stereocenters. The average molecular weight is 445 g/mol. The Morgan fingerprint density at radius 1 is 0.939 bits per heavy atom. The van der Waals surface area contributed by atoms with Crippen molar-refractivity contribution in [2.24, 2.45) is 0 Å². The molecule has 1 aliphatic rings. The van der Waals surface area contributed by atoms with Crippen molar-refractivity contribution in [3.05, 3.63) is 90.3 Å². The van der Waals surface area contributed by atoms with E-state index in [1.165, 1.54) is 0 Å². The summed E-state index contributed by atoms with van der Waals surface area (Å²) in [6, 6.07) is 20.3. The predicted octanol–water partition coefficient (Wildman–Crippen LogP) is 3.08.